The number of nitrogens with zero attached hydrogens (tertiary/aromatic N) is 1. The predicted octanol–water partition coefficient (Wildman–Crippen LogP) is 4.14. The van der Waals surface area contributed by atoms with Crippen LogP contribution in [0.5, 0.6) is 0 Å². The van der Waals surface area contributed by atoms with Gasteiger partial charge in [0.25, 0.3) is 0 Å². The van der Waals surface area contributed by atoms with Crippen molar-refractivity contribution in [1.82, 2.24) is 0 Å². The lowest BCUT2D eigenvalue weighted by Gasteiger charge is -2.21. The van der Waals surface area contributed by atoms with Crippen molar-refractivity contribution in [2.75, 3.05) is 7.11 Å². The molecule has 0 fully saturated rings. The summed E-state index contributed by atoms with van der Waals surface area (Å²) in [5.41, 5.74) is 2.16. The van der Waals surface area contributed by atoms with Gasteiger partial charge in [0.05, 0.1) is 5.71 Å². The van der Waals surface area contributed by atoms with E-state index in [1.165, 1.54) is 5.56 Å². The first-order valence-electron chi connectivity index (χ1n) is 5.95. The van der Waals surface area contributed by atoms with E-state index in [9.17, 15) is 0 Å². The van der Waals surface area contributed by atoms with Crippen molar-refractivity contribution in [3.63, 3.8) is 0 Å². The minimum absolute atomic E-state index is 0.0291. The van der Waals surface area contributed by atoms with E-state index in [1.807, 2.05) is 24.3 Å². The number of rotatable bonds is 5. The molecule has 1 aromatic rings. The third-order valence-electron chi connectivity index (χ3n) is 3.00. The second kappa shape index (κ2) is 6.24. The highest BCUT2D eigenvalue weighted by Gasteiger charge is 2.21. The average molecular weight is 231 g/mol. The summed E-state index contributed by atoms with van der Waals surface area (Å²) >= 11 is 0. The molecule has 0 atom stereocenters. The Bertz CT molecular complexity index is 391. The van der Waals surface area contributed by atoms with E-state index in [4.69, 9.17) is 4.84 Å². The first kappa shape index (κ1) is 13.5. The lowest BCUT2D eigenvalue weighted by atomic mass is 9.84. The maximum Gasteiger partial charge on any atom is 0.106 e. The standard InChI is InChI=1S/C15H21NO/c1-5-15(2,3)14(16-17-4)12-11-13-9-7-6-8-10-13/h6-12H,5H2,1-4H3/b12-11+,16-14+. The zero-order chi connectivity index (χ0) is 12.7. The maximum absolute atomic E-state index is 4.92. The number of oxime groups is 1. The van der Waals surface area contributed by atoms with E-state index in [0.29, 0.717) is 0 Å². The average Bonchev–Trinajstić information content (AvgIpc) is 2.35. The third kappa shape index (κ3) is 4.06. The third-order valence-corrected chi connectivity index (χ3v) is 3.00. The molecule has 1 rings (SSSR count). The lowest BCUT2D eigenvalue weighted by Crippen LogP contribution is -2.21. The number of allylic oxidation sites excluding steroid dienone is 1. The monoisotopic (exact) mass is 231 g/mol. The molecule has 0 N–H and O–H groups in total. The first-order valence-corrected chi connectivity index (χ1v) is 5.95. The van der Waals surface area contributed by atoms with Gasteiger partial charge in [-0.1, -0.05) is 62.3 Å². The molecule has 0 amide bonds. The molecule has 0 heterocycles. The van der Waals surface area contributed by atoms with Gasteiger partial charge in [0.1, 0.15) is 7.11 Å². The van der Waals surface area contributed by atoms with Crippen LogP contribution in [0, 0.1) is 5.41 Å². The summed E-state index contributed by atoms with van der Waals surface area (Å²) in [6.45, 7) is 6.49. The quantitative estimate of drug-likeness (QED) is 0.551. The van der Waals surface area contributed by atoms with Crippen molar-refractivity contribution in [1.29, 1.82) is 0 Å². The van der Waals surface area contributed by atoms with Gasteiger partial charge >= 0.3 is 0 Å². The fourth-order valence-electron chi connectivity index (χ4n) is 1.40. The molecule has 0 bridgehead atoms. The summed E-state index contributed by atoms with van der Waals surface area (Å²) in [7, 11) is 1.59. The minimum Gasteiger partial charge on any atom is -0.399 e. The molecule has 0 aliphatic carbocycles. The minimum atomic E-state index is 0.0291. The molecule has 0 saturated heterocycles. The SMILES string of the molecule is CCC(C)(C)C(/C=C/c1ccccc1)=N/OC. The molecule has 0 unspecified atom stereocenters. The summed E-state index contributed by atoms with van der Waals surface area (Å²) in [6.07, 6.45) is 5.12. The highest BCUT2D eigenvalue weighted by atomic mass is 16.6. The van der Waals surface area contributed by atoms with Crippen LogP contribution in [0.2, 0.25) is 0 Å². The molecular formula is C15H21NO. The highest BCUT2D eigenvalue weighted by Crippen LogP contribution is 2.23. The van der Waals surface area contributed by atoms with Crippen LogP contribution in [-0.4, -0.2) is 12.8 Å². The fraction of sp³-hybridized carbons (Fsp3) is 0.400. The van der Waals surface area contributed by atoms with Gasteiger partial charge in [0.15, 0.2) is 0 Å². The van der Waals surface area contributed by atoms with Gasteiger partial charge in [0.2, 0.25) is 0 Å². The largest absolute Gasteiger partial charge is 0.399 e. The Kier molecular flexibility index (Phi) is 4.95. The van der Waals surface area contributed by atoms with E-state index in [0.717, 1.165) is 12.1 Å². The summed E-state index contributed by atoms with van der Waals surface area (Å²) in [4.78, 5) is 4.92. The molecule has 0 aliphatic rings. The Labute approximate surface area is 104 Å². The fourth-order valence-corrected chi connectivity index (χ4v) is 1.40. The molecule has 1 aromatic carbocycles. The molecule has 0 aromatic heterocycles. The summed E-state index contributed by atoms with van der Waals surface area (Å²) in [5.74, 6) is 0. The predicted molar refractivity (Wildman–Crippen MR) is 74.0 cm³/mol. The molecule has 17 heavy (non-hydrogen) atoms. The van der Waals surface area contributed by atoms with Crippen LogP contribution in [0.4, 0.5) is 0 Å². The van der Waals surface area contributed by atoms with Crippen LogP contribution >= 0.6 is 0 Å². The Morgan fingerprint density at radius 3 is 2.47 bits per heavy atom. The van der Waals surface area contributed by atoms with Gasteiger partial charge in [-0.25, -0.2) is 0 Å². The van der Waals surface area contributed by atoms with Gasteiger partial charge in [-0.2, -0.15) is 0 Å². The van der Waals surface area contributed by atoms with Crippen molar-refractivity contribution in [3.8, 4) is 0 Å². The first-order chi connectivity index (χ1) is 8.10. The Balaban J connectivity index is 2.89. The van der Waals surface area contributed by atoms with Gasteiger partial charge in [-0.3, -0.25) is 0 Å². The Hall–Kier alpha value is -1.57. The molecule has 92 valence electrons. The smallest absolute Gasteiger partial charge is 0.106 e. The van der Waals surface area contributed by atoms with Crippen LogP contribution in [0.1, 0.15) is 32.8 Å². The van der Waals surface area contributed by atoms with Crippen LogP contribution in [0.25, 0.3) is 6.08 Å². The van der Waals surface area contributed by atoms with Crippen LogP contribution in [0.3, 0.4) is 0 Å². The van der Waals surface area contributed by atoms with E-state index in [1.54, 1.807) is 7.11 Å². The molecular weight excluding hydrogens is 210 g/mol. The number of hydrogen-bond acceptors (Lipinski definition) is 2. The zero-order valence-electron chi connectivity index (χ0n) is 11.1. The van der Waals surface area contributed by atoms with Crippen molar-refractivity contribution < 1.29 is 4.84 Å². The van der Waals surface area contributed by atoms with Gasteiger partial charge in [-0.15, -0.1) is 0 Å². The van der Waals surface area contributed by atoms with Gasteiger partial charge in [-0.05, 0) is 18.1 Å². The number of hydrogen-bond donors (Lipinski definition) is 0. The molecule has 0 radical (unpaired) electrons. The number of benzene rings is 1. The van der Waals surface area contributed by atoms with Gasteiger partial charge < -0.3 is 4.84 Å². The van der Waals surface area contributed by atoms with E-state index in [-0.39, 0.29) is 5.41 Å². The molecule has 0 aliphatic heterocycles. The normalized spacial score (nSPS) is 13.1. The van der Waals surface area contributed by atoms with Crippen LogP contribution in [-0.2, 0) is 4.84 Å². The maximum atomic E-state index is 4.92. The lowest BCUT2D eigenvalue weighted by molar-refractivity contribution is 0.209. The van der Waals surface area contributed by atoms with Crippen molar-refractivity contribution in [3.05, 3.63) is 42.0 Å². The van der Waals surface area contributed by atoms with Gasteiger partial charge in [0, 0.05) is 5.41 Å². The van der Waals surface area contributed by atoms with E-state index < -0.39 is 0 Å². The zero-order valence-corrected chi connectivity index (χ0v) is 11.1. The second-order valence-corrected chi connectivity index (χ2v) is 4.64. The Morgan fingerprint density at radius 1 is 1.29 bits per heavy atom. The van der Waals surface area contributed by atoms with Crippen molar-refractivity contribution in [2.45, 2.75) is 27.2 Å². The van der Waals surface area contributed by atoms with Crippen molar-refractivity contribution >= 4 is 11.8 Å². The molecule has 0 saturated carbocycles. The highest BCUT2D eigenvalue weighted by molar-refractivity contribution is 6.01. The van der Waals surface area contributed by atoms with Crippen molar-refractivity contribution in [2.24, 2.45) is 10.6 Å². The molecule has 0 spiro atoms. The van der Waals surface area contributed by atoms with E-state index in [2.05, 4.69) is 44.1 Å². The topological polar surface area (TPSA) is 21.6 Å². The summed E-state index contributed by atoms with van der Waals surface area (Å²) in [6, 6.07) is 10.2. The Morgan fingerprint density at radius 2 is 1.94 bits per heavy atom. The second-order valence-electron chi connectivity index (χ2n) is 4.64. The summed E-state index contributed by atoms with van der Waals surface area (Å²) in [5, 5.41) is 4.11. The summed E-state index contributed by atoms with van der Waals surface area (Å²) < 4.78 is 0. The van der Waals surface area contributed by atoms with E-state index >= 15 is 0 Å². The molecule has 2 nitrogen and oxygen atoms in total. The van der Waals surface area contributed by atoms with Crippen LogP contribution < -0.4 is 0 Å². The molecule has 2 heteroatoms. The van der Waals surface area contributed by atoms with Crippen LogP contribution in [0.15, 0.2) is 41.6 Å².